The SMILES string of the molecule is C=C(C)OCC(C)(C)CC(C)(C)N1CCN(C(O)CNC(C)C)CC1. The maximum absolute atomic E-state index is 10.3. The van der Waals surface area contributed by atoms with E-state index in [0.29, 0.717) is 19.2 Å². The summed E-state index contributed by atoms with van der Waals surface area (Å²) < 4.78 is 5.67. The summed E-state index contributed by atoms with van der Waals surface area (Å²) in [5, 5.41) is 13.7. The van der Waals surface area contributed by atoms with Crippen molar-refractivity contribution in [3.8, 4) is 0 Å². The molecule has 0 bridgehead atoms. The van der Waals surface area contributed by atoms with Gasteiger partial charge in [0.05, 0.1) is 12.4 Å². The van der Waals surface area contributed by atoms with Crippen molar-refractivity contribution in [2.24, 2.45) is 5.41 Å². The highest BCUT2D eigenvalue weighted by Gasteiger charge is 2.36. The van der Waals surface area contributed by atoms with Crippen LogP contribution in [0.2, 0.25) is 0 Å². The van der Waals surface area contributed by atoms with E-state index < -0.39 is 6.23 Å². The van der Waals surface area contributed by atoms with Gasteiger partial charge in [0.25, 0.3) is 0 Å². The summed E-state index contributed by atoms with van der Waals surface area (Å²) in [7, 11) is 0. The Kier molecular flexibility index (Phi) is 8.39. The quantitative estimate of drug-likeness (QED) is 0.590. The van der Waals surface area contributed by atoms with Crippen LogP contribution in [-0.4, -0.2) is 72.0 Å². The van der Waals surface area contributed by atoms with Crippen LogP contribution in [0.5, 0.6) is 0 Å². The lowest BCUT2D eigenvalue weighted by Crippen LogP contribution is -2.58. The summed E-state index contributed by atoms with van der Waals surface area (Å²) in [4.78, 5) is 4.73. The van der Waals surface area contributed by atoms with Gasteiger partial charge in [-0.3, -0.25) is 9.80 Å². The van der Waals surface area contributed by atoms with E-state index in [-0.39, 0.29) is 11.0 Å². The molecular formula is C20H41N3O2. The first-order chi connectivity index (χ1) is 11.4. The van der Waals surface area contributed by atoms with Crippen molar-refractivity contribution < 1.29 is 9.84 Å². The fourth-order valence-electron chi connectivity index (χ4n) is 3.75. The normalized spacial score (nSPS) is 19.2. The van der Waals surface area contributed by atoms with Gasteiger partial charge in [0, 0.05) is 49.7 Å². The molecule has 148 valence electrons. The largest absolute Gasteiger partial charge is 0.498 e. The van der Waals surface area contributed by atoms with Gasteiger partial charge in [-0.05, 0) is 27.2 Å². The maximum Gasteiger partial charge on any atom is 0.120 e. The number of nitrogens with one attached hydrogen (secondary N) is 1. The minimum absolute atomic E-state index is 0.0975. The molecule has 5 heteroatoms. The number of hydrogen-bond donors (Lipinski definition) is 2. The third kappa shape index (κ3) is 8.07. The second-order valence-corrected chi connectivity index (χ2v) is 9.21. The lowest BCUT2D eigenvalue weighted by atomic mass is 9.79. The third-order valence-electron chi connectivity index (χ3n) is 4.92. The van der Waals surface area contributed by atoms with E-state index in [9.17, 15) is 5.11 Å². The molecule has 0 aliphatic carbocycles. The van der Waals surface area contributed by atoms with Crippen LogP contribution in [0, 0.1) is 5.41 Å². The van der Waals surface area contributed by atoms with Crippen molar-refractivity contribution in [3.63, 3.8) is 0 Å². The number of aliphatic hydroxyl groups is 1. The van der Waals surface area contributed by atoms with E-state index in [0.717, 1.165) is 38.4 Å². The molecule has 0 aromatic carbocycles. The second kappa shape index (κ2) is 9.36. The van der Waals surface area contributed by atoms with E-state index in [1.54, 1.807) is 0 Å². The van der Waals surface area contributed by atoms with Crippen molar-refractivity contribution in [2.45, 2.75) is 72.7 Å². The third-order valence-corrected chi connectivity index (χ3v) is 4.92. The smallest absolute Gasteiger partial charge is 0.120 e. The minimum atomic E-state index is -0.395. The zero-order valence-electron chi connectivity index (χ0n) is 17.6. The van der Waals surface area contributed by atoms with Crippen molar-refractivity contribution in [2.75, 3.05) is 39.3 Å². The van der Waals surface area contributed by atoms with E-state index in [1.165, 1.54) is 0 Å². The van der Waals surface area contributed by atoms with Crippen molar-refractivity contribution in [1.82, 2.24) is 15.1 Å². The highest BCUT2D eigenvalue weighted by atomic mass is 16.5. The molecule has 0 radical (unpaired) electrons. The number of allylic oxidation sites excluding steroid dienone is 1. The van der Waals surface area contributed by atoms with E-state index in [4.69, 9.17) is 4.74 Å². The van der Waals surface area contributed by atoms with Gasteiger partial charge >= 0.3 is 0 Å². The first-order valence-corrected chi connectivity index (χ1v) is 9.62. The molecule has 1 saturated heterocycles. The fraction of sp³-hybridized carbons (Fsp3) is 0.900. The number of hydrogen-bond acceptors (Lipinski definition) is 5. The number of ether oxygens (including phenoxy) is 1. The first-order valence-electron chi connectivity index (χ1n) is 9.62. The zero-order chi connectivity index (χ0) is 19.3. The molecule has 0 aromatic heterocycles. The van der Waals surface area contributed by atoms with Crippen molar-refractivity contribution >= 4 is 0 Å². The highest BCUT2D eigenvalue weighted by molar-refractivity contribution is 4.91. The Morgan fingerprint density at radius 2 is 1.72 bits per heavy atom. The maximum atomic E-state index is 10.3. The van der Waals surface area contributed by atoms with Gasteiger partial charge in [-0.2, -0.15) is 0 Å². The topological polar surface area (TPSA) is 48.0 Å². The molecular weight excluding hydrogens is 314 g/mol. The molecule has 0 aromatic rings. The number of aliphatic hydroxyl groups excluding tert-OH is 1. The van der Waals surface area contributed by atoms with Gasteiger partial charge in [-0.1, -0.05) is 34.3 Å². The van der Waals surface area contributed by atoms with E-state index in [1.807, 2.05) is 6.92 Å². The number of rotatable bonds is 10. The van der Waals surface area contributed by atoms with E-state index in [2.05, 4.69) is 63.2 Å². The molecule has 0 amide bonds. The monoisotopic (exact) mass is 355 g/mol. The van der Waals surface area contributed by atoms with Gasteiger partial charge in [0.1, 0.15) is 6.23 Å². The molecule has 25 heavy (non-hydrogen) atoms. The summed E-state index contributed by atoms with van der Waals surface area (Å²) >= 11 is 0. The number of piperazine rings is 1. The molecule has 5 nitrogen and oxygen atoms in total. The molecule has 1 unspecified atom stereocenters. The Hall–Kier alpha value is -0.620. The molecule has 1 atom stereocenters. The lowest BCUT2D eigenvalue weighted by molar-refractivity contribution is -0.0522. The second-order valence-electron chi connectivity index (χ2n) is 9.21. The molecule has 0 spiro atoms. The Bertz CT molecular complexity index is 413. The first kappa shape index (κ1) is 22.4. The van der Waals surface area contributed by atoms with Gasteiger partial charge < -0.3 is 15.2 Å². The summed E-state index contributed by atoms with van der Waals surface area (Å²) in [6.07, 6.45) is 0.665. The summed E-state index contributed by atoms with van der Waals surface area (Å²) in [5.41, 5.74) is 0.204. The van der Waals surface area contributed by atoms with Gasteiger partial charge in [-0.15, -0.1) is 0 Å². The minimum Gasteiger partial charge on any atom is -0.498 e. The Morgan fingerprint density at radius 3 is 2.20 bits per heavy atom. The predicted octanol–water partition coefficient (Wildman–Crippen LogP) is 2.67. The summed E-state index contributed by atoms with van der Waals surface area (Å²) in [5.74, 6) is 0.781. The molecule has 1 fully saturated rings. The van der Waals surface area contributed by atoms with Crippen LogP contribution >= 0.6 is 0 Å². The van der Waals surface area contributed by atoms with Crippen LogP contribution in [0.15, 0.2) is 12.3 Å². The molecule has 0 saturated carbocycles. The van der Waals surface area contributed by atoms with Gasteiger partial charge in [-0.25, -0.2) is 0 Å². The molecule has 1 aliphatic rings. The van der Waals surface area contributed by atoms with Crippen LogP contribution < -0.4 is 5.32 Å². The molecule has 2 N–H and O–H groups in total. The predicted molar refractivity (Wildman–Crippen MR) is 106 cm³/mol. The average Bonchev–Trinajstić information content (AvgIpc) is 2.50. The van der Waals surface area contributed by atoms with E-state index >= 15 is 0 Å². The highest BCUT2D eigenvalue weighted by Crippen LogP contribution is 2.33. The molecule has 1 heterocycles. The Labute approximate surface area is 155 Å². The number of nitrogens with zero attached hydrogens (tertiary/aromatic N) is 2. The zero-order valence-corrected chi connectivity index (χ0v) is 17.6. The van der Waals surface area contributed by atoms with Crippen LogP contribution in [0.25, 0.3) is 0 Å². The Balaban J connectivity index is 2.49. The lowest BCUT2D eigenvalue weighted by Gasteiger charge is -2.47. The summed E-state index contributed by atoms with van der Waals surface area (Å²) in [6.45, 7) is 24.2. The van der Waals surface area contributed by atoms with Crippen LogP contribution in [0.3, 0.4) is 0 Å². The van der Waals surface area contributed by atoms with Crippen molar-refractivity contribution in [1.29, 1.82) is 0 Å². The van der Waals surface area contributed by atoms with Gasteiger partial charge in [0.2, 0.25) is 0 Å². The molecule has 1 aliphatic heterocycles. The Morgan fingerprint density at radius 1 is 1.16 bits per heavy atom. The van der Waals surface area contributed by atoms with Crippen LogP contribution in [-0.2, 0) is 4.74 Å². The van der Waals surface area contributed by atoms with Crippen molar-refractivity contribution in [3.05, 3.63) is 12.3 Å². The summed E-state index contributed by atoms with van der Waals surface area (Å²) in [6, 6.07) is 0.401. The average molecular weight is 356 g/mol. The van der Waals surface area contributed by atoms with Crippen LogP contribution in [0.4, 0.5) is 0 Å². The standard InChI is InChI=1S/C20H41N3O2/c1-16(2)21-13-18(24)22-9-11-23(12-10-22)20(7,8)14-19(5,6)15-25-17(3)4/h16,18,21,24H,3,9-15H2,1-2,4-8H3. The van der Waals surface area contributed by atoms with Gasteiger partial charge in [0.15, 0.2) is 0 Å². The van der Waals surface area contributed by atoms with Crippen LogP contribution in [0.1, 0.15) is 54.9 Å². The molecule has 1 rings (SSSR count). The fourth-order valence-corrected chi connectivity index (χ4v) is 3.75.